The minimum atomic E-state index is 0.569. The van der Waals surface area contributed by atoms with Crippen LogP contribution in [-0.4, -0.2) is 24.9 Å². The summed E-state index contributed by atoms with van der Waals surface area (Å²) in [5.41, 5.74) is 4.90. The van der Waals surface area contributed by atoms with E-state index in [9.17, 15) is 0 Å². The Morgan fingerprint density at radius 2 is 2.23 bits per heavy atom. The average molecular weight is 452 g/mol. The summed E-state index contributed by atoms with van der Waals surface area (Å²) in [5.74, 6) is 1.35. The van der Waals surface area contributed by atoms with Gasteiger partial charge in [0.05, 0.1) is 35.0 Å². The Morgan fingerprint density at radius 3 is 2.92 bits per heavy atom. The lowest BCUT2D eigenvalue weighted by Crippen LogP contribution is -1.98. The van der Waals surface area contributed by atoms with Crippen LogP contribution in [0.15, 0.2) is 39.2 Å². The average Bonchev–Trinajstić information content (AvgIpc) is 3.26. The van der Waals surface area contributed by atoms with E-state index in [1.54, 1.807) is 36.0 Å². The van der Waals surface area contributed by atoms with Crippen molar-refractivity contribution in [3.63, 3.8) is 0 Å². The van der Waals surface area contributed by atoms with Crippen LogP contribution in [0.2, 0.25) is 0 Å². The van der Waals surface area contributed by atoms with Gasteiger partial charge in [-0.3, -0.25) is 5.43 Å². The van der Waals surface area contributed by atoms with Gasteiger partial charge in [-0.1, -0.05) is 6.07 Å². The molecule has 0 aliphatic carbocycles. The van der Waals surface area contributed by atoms with E-state index in [2.05, 4.69) is 49.8 Å². The SMILES string of the molecule is CCOc1c(Br)cc(/C=N\Nc2nc(-c3cccs3)c(C)s2)cc1OC. The van der Waals surface area contributed by atoms with E-state index in [0.29, 0.717) is 18.1 Å². The molecule has 3 rings (SSSR count). The molecule has 5 nitrogen and oxygen atoms in total. The van der Waals surface area contributed by atoms with Crippen molar-refractivity contribution in [1.82, 2.24) is 4.98 Å². The van der Waals surface area contributed by atoms with E-state index in [0.717, 1.165) is 30.6 Å². The summed E-state index contributed by atoms with van der Waals surface area (Å²) in [5, 5.41) is 7.11. The number of thiazole rings is 1. The second-order valence-corrected chi connectivity index (χ2v) is 8.24. The minimum Gasteiger partial charge on any atom is -0.493 e. The minimum absolute atomic E-state index is 0.569. The van der Waals surface area contributed by atoms with Crippen molar-refractivity contribution in [2.45, 2.75) is 13.8 Å². The third-order valence-corrected chi connectivity index (χ3v) is 5.81. The highest BCUT2D eigenvalue weighted by Crippen LogP contribution is 2.36. The molecule has 0 fully saturated rings. The molecule has 1 N–H and O–H groups in total. The number of aromatic nitrogens is 1. The molecular weight excluding hydrogens is 434 g/mol. The topological polar surface area (TPSA) is 55.7 Å². The highest BCUT2D eigenvalue weighted by atomic mass is 79.9. The lowest BCUT2D eigenvalue weighted by molar-refractivity contribution is 0.309. The Hall–Kier alpha value is -1.90. The van der Waals surface area contributed by atoms with Gasteiger partial charge in [0, 0.05) is 4.88 Å². The lowest BCUT2D eigenvalue weighted by atomic mass is 10.2. The van der Waals surface area contributed by atoms with Crippen molar-refractivity contribution in [1.29, 1.82) is 0 Å². The number of benzene rings is 1. The zero-order chi connectivity index (χ0) is 18.5. The Labute approximate surface area is 168 Å². The maximum absolute atomic E-state index is 5.60. The second-order valence-electron chi connectivity index (χ2n) is 5.24. The first kappa shape index (κ1) is 18.9. The number of nitrogens with one attached hydrogen (secondary N) is 1. The van der Waals surface area contributed by atoms with Crippen molar-refractivity contribution in [2.75, 3.05) is 19.1 Å². The molecule has 0 radical (unpaired) electrons. The molecule has 2 aromatic heterocycles. The van der Waals surface area contributed by atoms with Crippen molar-refractivity contribution >= 4 is 49.9 Å². The van der Waals surface area contributed by atoms with Gasteiger partial charge in [0.15, 0.2) is 11.5 Å². The van der Waals surface area contributed by atoms with Crippen LogP contribution in [0.3, 0.4) is 0 Å². The molecule has 0 aliphatic heterocycles. The third kappa shape index (κ3) is 4.25. The van der Waals surface area contributed by atoms with Crippen LogP contribution in [0.25, 0.3) is 10.6 Å². The number of nitrogens with zero attached hydrogens (tertiary/aromatic N) is 2. The number of rotatable bonds is 7. The van der Waals surface area contributed by atoms with Crippen LogP contribution in [-0.2, 0) is 0 Å². The molecule has 0 spiro atoms. The predicted octanol–water partition coefficient (Wildman–Crippen LogP) is 5.80. The molecule has 8 heteroatoms. The number of ether oxygens (including phenoxy) is 2. The first-order valence-electron chi connectivity index (χ1n) is 7.93. The molecule has 2 heterocycles. The van der Waals surface area contributed by atoms with Crippen molar-refractivity contribution in [3.8, 4) is 22.1 Å². The molecule has 3 aromatic rings. The Morgan fingerprint density at radius 1 is 1.38 bits per heavy atom. The summed E-state index contributed by atoms with van der Waals surface area (Å²) in [6.07, 6.45) is 1.73. The molecule has 1 aromatic carbocycles. The maximum Gasteiger partial charge on any atom is 0.204 e. The summed E-state index contributed by atoms with van der Waals surface area (Å²) >= 11 is 6.78. The van der Waals surface area contributed by atoms with E-state index in [1.807, 2.05) is 25.1 Å². The first-order valence-corrected chi connectivity index (χ1v) is 10.4. The quantitative estimate of drug-likeness (QED) is 0.364. The standard InChI is InChI=1S/C18H18BrN3O2S2/c1-4-24-17-13(19)8-12(9-14(17)23-3)10-20-22-18-21-16(11(2)26-18)15-6-5-7-25-15/h5-10H,4H2,1-3H3,(H,21,22)/b20-10-. The van der Waals surface area contributed by atoms with E-state index < -0.39 is 0 Å². The smallest absolute Gasteiger partial charge is 0.204 e. The summed E-state index contributed by atoms with van der Waals surface area (Å²) in [7, 11) is 1.62. The fourth-order valence-corrected chi connectivity index (χ4v) is 4.53. The number of halogens is 1. The van der Waals surface area contributed by atoms with Crippen LogP contribution in [0, 0.1) is 6.92 Å². The van der Waals surface area contributed by atoms with E-state index in [1.165, 1.54) is 0 Å². The molecule has 0 saturated carbocycles. The van der Waals surface area contributed by atoms with Crippen molar-refractivity contribution in [3.05, 3.63) is 44.6 Å². The summed E-state index contributed by atoms with van der Waals surface area (Å²) in [6.45, 7) is 4.57. The summed E-state index contributed by atoms with van der Waals surface area (Å²) in [4.78, 5) is 6.95. The number of thiophene rings is 1. The Bertz CT molecular complexity index is 908. The highest BCUT2D eigenvalue weighted by molar-refractivity contribution is 9.10. The van der Waals surface area contributed by atoms with Crippen LogP contribution >= 0.6 is 38.6 Å². The molecule has 0 atom stereocenters. The molecule has 0 unspecified atom stereocenters. The van der Waals surface area contributed by atoms with Gasteiger partial charge in [0.2, 0.25) is 5.13 Å². The van der Waals surface area contributed by atoms with Crippen LogP contribution < -0.4 is 14.9 Å². The Kier molecular flexibility index (Phi) is 6.29. The normalized spacial score (nSPS) is 11.1. The van der Waals surface area contributed by atoms with Crippen molar-refractivity contribution < 1.29 is 9.47 Å². The van der Waals surface area contributed by atoms with E-state index >= 15 is 0 Å². The summed E-state index contributed by atoms with van der Waals surface area (Å²) in [6, 6.07) is 7.92. The fraction of sp³-hybridized carbons (Fsp3) is 0.222. The predicted molar refractivity (Wildman–Crippen MR) is 113 cm³/mol. The molecule has 0 saturated heterocycles. The number of anilines is 1. The Balaban J connectivity index is 1.75. The molecule has 136 valence electrons. The lowest BCUT2D eigenvalue weighted by Gasteiger charge is -2.11. The fourth-order valence-electron chi connectivity index (χ4n) is 2.35. The monoisotopic (exact) mass is 451 g/mol. The third-order valence-electron chi connectivity index (χ3n) is 3.47. The molecule has 26 heavy (non-hydrogen) atoms. The van der Waals surface area contributed by atoms with Crippen LogP contribution in [0.5, 0.6) is 11.5 Å². The van der Waals surface area contributed by atoms with Gasteiger partial charge in [-0.2, -0.15) is 5.10 Å². The molecular formula is C18H18BrN3O2S2. The summed E-state index contributed by atoms with van der Waals surface area (Å²) < 4.78 is 11.8. The van der Waals surface area contributed by atoms with Gasteiger partial charge in [0.25, 0.3) is 0 Å². The van der Waals surface area contributed by atoms with Crippen molar-refractivity contribution in [2.24, 2.45) is 5.10 Å². The second kappa shape index (κ2) is 8.66. The number of hydrogen-bond acceptors (Lipinski definition) is 7. The van der Waals surface area contributed by atoms with Gasteiger partial charge >= 0.3 is 0 Å². The van der Waals surface area contributed by atoms with Crippen LogP contribution in [0.1, 0.15) is 17.4 Å². The largest absolute Gasteiger partial charge is 0.493 e. The van der Waals surface area contributed by atoms with E-state index in [-0.39, 0.29) is 0 Å². The van der Waals surface area contributed by atoms with Gasteiger partial charge in [-0.25, -0.2) is 4.98 Å². The van der Waals surface area contributed by atoms with Gasteiger partial charge < -0.3 is 9.47 Å². The maximum atomic E-state index is 5.60. The zero-order valence-corrected chi connectivity index (χ0v) is 17.8. The zero-order valence-electron chi connectivity index (χ0n) is 14.6. The number of methoxy groups -OCH3 is 1. The van der Waals surface area contributed by atoms with Gasteiger partial charge in [-0.05, 0) is 58.9 Å². The number of aryl methyl sites for hydroxylation is 1. The van der Waals surface area contributed by atoms with Crippen LogP contribution in [0.4, 0.5) is 5.13 Å². The van der Waals surface area contributed by atoms with E-state index in [4.69, 9.17) is 9.47 Å². The highest BCUT2D eigenvalue weighted by Gasteiger charge is 2.11. The molecule has 0 amide bonds. The van der Waals surface area contributed by atoms with Gasteiger partial charge in [0.1, 0.15) is 0 Å². The first-order chi connectivity index (χ1) is 12.6. The van der Waals surface area contributed by atoms with Gasteiger partial charge in [-0.15, -0.1) is 22.7 Å². The molecule has 0 aliphatic rings. The molecule has 0 bridgehead atoms. The number of hydrazone groups is 1. The number of hydrogen-bond donors (Lipinski definition) is 1.